The molecule has 0 radical (unpaired) electrons. The molecule has 1 atom stereocenters. The lowest BCUT2D eigenvalue weighted by Gasteiger charge is -2.13. The average molecular weight is 252 g/mol. The van der Waals surface area contributed by atoms with E-state index in [9.17, 15) is 21.6 Å². The van der Waals surface area contributed by atoms with E-state index in [-0.39, 0.29) is 11.5 Å². The topological polar surface area (TPSA) is 54.4 Å². The first-order valence-electron chi connectivity index (χ1n) is 3.63. The number of halogens is 3. The van der Waals surface area contributed by atoms with E-state index in [0.29, 0.717) is 0 Å². The highest BCUT2D eigenvalue weighted by atomic mass is 32.2. The van der Waals surface area contributed by atoms with Crippen LogP contribution >= 0.6 is 11.8 Å². The Morgan fingerprint density at radius 1 is 1.43 bits per heavy atom. The molecule has 0 heterocycles. The van der Waals surface area contributed by atoms with Crippen LogP contribution in [0.3, 0.4) is 0 Å². The van der Waals surface area contributed by atoms with Crippen LogP contribution in [0.5, 0.6) is 0 Å². The molecule has 0 spiro atoms. The van der Waals surface area contributed by atoms with Crippen molar-refractivity contribution in [3.05, 3.63) is 0 Å². The summed E-state index contributed by atoms with van der Waals surface area (Å²) in [7, 11) is -3.14. The second-order valence-corrected chi connectivity index (χ2v) is 6.17. The molecule has 0 bridgehead atoms. The summed E-state index contributed by atoms with van der Waals surface area (Å²) in [5, 5.41) is 8.52. The summed E-state index contributed by atoms with van der Waals surface area (Å²) >= 11 is 0.766. The lowest BCUT2D eigenvalue weighted by Crippen LogP contribution is -2.30. The largest absolute Gasteiger partial charge is 0.415 e. The summed E-state index contributed by atoms with van der Waals surface area (Å²) in [4.78, 5) is 0. The van der Waals surface area contributed by atoms with Gasteiger partial charge in [-0.2, -0.15) is 24.9 Å². The zero-order valence-corrected chi connectivity index (χ0v) is 9.05. The fourth-order valence-corrected chi connectivity index (χ4v) is 2.76. The number of sulfone groups is 1. The molecule has 0 aromatic carbocycles. The fourth-order valence-electron chi connectivity index (χ4n) is 0.500. The van der Waals surface area contributed by atoms with E-state index in [0.717, 1.165) is 18.0 Å². The van der Waals surface area contributed by atoms with E-state index in [1.807, 2.05) is 0 Å². The molecule has 8 heteroatoms. The molecule has 0 saturated heterocycles. The van der Waals surface area contributed by atoms with Crippen molar-refractivity contribution >= 4 is 21.6 Å². The first kappa shape index (κ1) is 14.1. The van der Waals surface area contributed by atoms with Gasteiger partial charge in [-0.3, -0.25) is 0 Å². The van der Waals surface area contributed by atoms with Crippen LogP contribution in [0.2, 0.25) is 0 Å². The second kappa shape index (κ2) is 5.22. The second-order valence-electron chi connectivity index (χ2n) is 2.76. The van der Waals surface area contributed by atoms with E-state index in [1.54, 1.807) is 0 Å². The molecule has 0 saturated carbocycles. The molecule has 0 fully saturated rings. The predicted molar refractivity (Wildman–Crippen MR) is 49.1 cm³/mol. The van der Waals surface area contributed by atoms with Gasteiger partial charge in [0.05, 0.1) is 5.75 Å². The molecule has 3 nitrogen and oxygen atoms in total. The Kier molecular flexibility index (Phi) is 5.24. The van der Waals surface area contributed by atoms with E-state index in [1.165, 1.54) is 0 Å². The van der Waals surface area contributed by atoms with Gasteiger partial charge in [-0.05, 0) is 0 Å². The summed E-state index contributed by atoms with van der Waals surface area (Å²) in [6.07, 6.45) is -6.00. The number of thioether (sulfide) groups is 1. The highest BCUT2D eigenvalue weighted by Crippen LogP contribution is 2.22. The van der Waals surface area contributed by atoms with Crippen molar-refractivity contribution in [2.24, 2.45) is 0 Å². The first-order valence-corrected chi connectivity index (χ1v) is 6.84. The van der Waals surface area contributed by atoms with E-state index >= 15 is 0 Å². The summed E-state index contributed by atoms with van der Waals surface area (Å²) in [6, 6.07) is 0. The van der Waals surface area contributed by atoms with Crippen molar-refractivity contribution in [2.45, 2.75) is 12.3 Å². The Morgan fingerprint density at radius 3 is 2.29 bits per heavy atom. The van der Waals surface area contributed by atoms with Crippen LogP contribution in [0.15, 0.2) is 0 Å². The number of alkyl halides is 3. The van der Waals surface area contributed by atoms with Crippen molar-refractivity contribution in [1.29, 1.82) is 0 Å². The minimum absolute atomic E-state index is 0.0615. The van der Waals surface area contributed by atoms with Crippen molar-refractivity contribution in [3.8, 4) is 0 Å². The Balaban J connectivity index is 3.66. The van der Waals surface area contributed by atoms with Crippen molar-refractivity contribution < 1.29 is 26.7 Å². The Hall–Kier alpha value is 0.0500. The van der Waals surface area contributed by atoms with E-state index in [2.05, 4.69) is 0 Å². The van der Waals surface area contributed by atoms with Gasteiger partial charge < -0.3 is 5.11 Å². The Morgan fingerprint density at radius 2 is 1.93 bits per heavy atom. The maximum atomic E-state index is 11.7. The lowest BCUT2D eigenvalue weighted by molar-refractivity contribution is -0.195. The Labute approximate surface area is 84.6 Å². The standard InChI is InChI=1S/C6H11F3O3S2/c1-14(11,12)3-2-13-4-5(10)6(7,8)9/h5,10H,2-4H2,1H3. The lowest BCUT2D eigenvalue weighted by atomic mass is 10.4. The zero-order valence-electron chi connectivity index (χ0n) is 7.41. The number of aliphatic hydroxyl groups excluding tert-OH is 1. The summed E-state index contributed by atoms with van der Waals surface area (Å²) in [6.45, 7) is 0. The molecule has 0 aliphatic heterocycles. The van der Waals surface area contributed by atoms with Crippen LogP contribution in [0.25, 0.3) is 0 Å². The smallest absolute Gasteiger partial charge is 0.383 e. The van der Waals surface area contributed by atoms with Crippen LogP contribution in [-0.2, 0) is 9.84 Å². The normalized spacial score (nSPS) is 15.5. The third-order valence-electron chi connectivity index (χ3n) is 1.25. The van der Waals surface area contributed by atoms with E-state index < -0.39 is 27.9 Å². The number of hydrogen-bond acceptors (Lipinski definition) is 4. The van der Waals surface area contributed by atoms with Crippen LogP contribution < -0.4 is 0 Å². The van der Waals surface area contributed by atoms with Crippen molar-refractivity contribution in [2.75, 3.05) is 23.5 Å². The summed E-state index contributed by atoms with van der Waals surface area (Å²) in [5.74, 6) is -0.646. The average Bonchev–Trinajstić information content (AvgIpc) is 1.93. The minimum atomic E-state index is -4.63. The summed E-state index contributed by atoms with van der Waals surface area (Å²) < 4.78 is 56.3. The van der Waals surface area contributed by atoms with Crippen molar-refractivity contribution in [3.63, 3.8) is 0 Å². The van der Waals surface area contributed by atoms with E-state index in [4.69, 9.17) is 5.11 Å². The highest BCUT2D eigenvalue weighted by molar-refractivity contribution is 8.00. The molecule has 0 aliphatic carbocycles. The van der Waals surface area contributed by atoms with Gasteiger partial charge in [0.1, 0.15) is 9.84 Å². The molecule has 0 rings (SSSR count). The van der Waals surface area contributed by atoms with Crippen molar-refractivity contribution in [1.82, 2.24) is 0 Å². The molecular formula is C6H11F3O3S2. The van der Waals surface area contributed by atoms with Gasteiger partial charge in [0, 0.05) is 17.8 Å². The molecule has 1 N–H and O–H groups in total. The SMILES string of the molecule is CS(=O)(=O)CCSCC(O)C(F)(F)F. The Bertz CT molecular complexity index is 260. The molecule has 0 aliphatic rings. The number of rotatable bonds is 5. The van der Waals surface area contributed by atoms with Gasteiger partial charge >= 0.3 is 6.18 Å². The highest BCUT2D eigenvalue weighted by Gasteiger charge is 2.37. The maximum Gasteiger partial charge on any atom is 0.415 e. The molecule has 86 valence electrons. The number of hydrogen-bond donors (Lipinski definition) is 1. The van der Waals surface area contributed by atoms with Crippen LogP contribution in [-0.4, -0.2) is 49.3 Å². The third-order valence-corrected chi connectivity index (χ3v) is 3.50. The number of aliphatic hydroxyl groups is 1. The first-order chi connectivity index (χ1) is 6.13. The van der Waals surface area contributed by atoms with Gasteiger partial charge in [-0.1, -0.05) is 0 Å². The molecule has 0 amide bonds. The quantitative estimate of drug-likeness (QED) is 0.731. The van der Waals surface area contributed by atoms with Crippen LogP contribution in [0.4, 0.5) is 13.2 Å². The van der Waals surface area contributed by atoms with Crippen LogP contribution in [0.1, 0.15) is 0 Å². The molecular weight excluding hydrogens is 241 g/mol. The fraction of sp³-hybridized carbons (Fsp3) is 1.00. The van der Waals surface area contributed by atoms with Crippen LogP contribution in [0, 0.1) is 0 Å². The summed E-state index contributed by atoms with van der Waals surface area (Å²) in [5.41, 5.74) is 0. The monoisotopic (exact) mass is 252 g/mol. The maximum absolute atomic E-state index is 11.7. The zero-order chi connectivity index (χ0) is 11.4. The van der Waals surface area contributed by atoms with Gasteiger partial charge in [0.15, 0.2) is 6.10 Å². The van der Waals surface area contributed by atoms with Gasteiger partial charge in [-0.15, -0.1) is 0 Å². The molecule has 0 aromatic heterocycles. The van der Waals surface area contributed by atoms with Gasteiger partial charge in [0.2, 0.25) is 0 Å². The molecule has 1 unspecified atom stereocenters. The predicted octanol–water partition coefficient (Wildman–Crippen LogP) is 0.687. The third kappa shape index (κ3) is 7.45. The molecule has 14 heavy (non-hydrogen) atoms. The molecule has 0 aromatic rings. The van der Waals surface area contributed by atoms with Gasteiger partial charge in [0.25, 0.3) is 0 Å². The minimum Gasteiger partial charge on any atom is -0.383 e. The van der Waals surface area contributed by atoms with Gasteiger partial charge in [-0.25, -0.2) is 8.42 Å².